The molecule has 108 valence electrons. The maximum Gasteiger partial charge on any atom is 0.0834 e. The van der Waals surface area contributed by atoms with Crippen molar-refractivity contribution in [2.75, 3.05) is 27.2 Å². The van der Waals surface area contributed by atoms with Crippen LogP contribution in [0.3, 0.4) is 0 Å². The second-order valence-corrected chi connectivity index (χ2v) is 5.87. The lowest BCUT2D eigenvalue weighted by Crippen LogP contribution is -2.30. The largest absolute Gasteiger partial charge is 0.378 e. The van der Waals surface area contributed by atoms with Crippen LogP contribution in [0.15, 0.2) is 6.20 Å². The van der Waals surface area contributed by atoms with Gasteiger partial charge >= 0.3 is 0 Å². The van der Waals surface area contributed by atoms with Gasteiger partial charge in [-0.05, 0) is 27.4 Å². The van der Waals surface area contributed by atoms with Crippen LogP contribution in [0.1, 0.15) is 25.1 Å². The molecule has 5 nitrogen and oxygen atoms in total. The zero-order valence-corrected chi connectivity index (χ0v) is 12.6. The van der Waals surface area contributed by atoms with Crippen molar-refractivity contribution in [2.24, 2.45) is 11.7 Å². The van der Waals surface area contributed by atoms with Crippen molar-refractivity contribution < 1.29 is 4.74 Å². The van der Waals surface area contributed by atoms with E-state index in [-0.39, 0.29) is 12.1 Å². The Labute approximate surface area is 119 Å². The Balaban J connectivity index is 2.15. The highest BCUT2D eigenvalue weighted by Crippen LogP contribution is 2.34. The van der Waals surface area contributed by atoms with Crippen molar-refractivity contribution in [1.29, 1.82) is 0 Å². The van der Waals surface area contributed by atoms with Crippen LogP contribution in [0.4, 0.5) is 0 Å². The third-order valence-electron chi connectivity index (χ3n) is 3.80. The molecule has 1 fully saturated rings. The van der Waals surface area contributed by atoms with Crippen LogP contribution in [0, 0.1) is 5.92 Å². The number of hydrogen-bond acceptors (Lipinski definition) is 4. The number of nitrogens with zero attached hydrogens (tertiary/aromatic N) is 3. The van der Waals surface area contributed by atoms with Gasteiger partial charge in [-0.25, -0.2) is 0 Å². The van der Waals surface area contributed by atoms with Gasteiger partial charge in [-0.3, -0.25) is 4.68 Å². The van der Waals surface area contributed by atoms with E-state index in [0.29, 0.717) is 10.9 Å². The van der Waals surface area contributed by atoms with Gasteiger partial charge in [0.05, 0.1) is 35.6 Å². The van der Waals surface area contributed by atoms with E-state index in [9.17, 15) is 0 Å². The summed E-state index contributed by atoms with van der Waals surface area (Å²) < 4.78 is 7.53. The molecule has 1 aliphatic rings. The van der Waals surface area contributed by atoms with Crippen molar-refractivity contribution in [1.82, 2.24) is 14.7 Å². The molecule has 0 bridgehead atoms. The highest BCUT2D eigenvalue weighted by molar-refractivity contribution is 6.31. The summed E-state index contributed by atoms with van der Waals surface area (Å²) in [6, 6.07) is -0.116. The van der Waals surface area contributed by atoms with Crippen molar-refractivity contribution in [3.05, 3.63) is 16.9 Å². The number of ether oxygens (including phenoxy) is 1. The summed E-state index contributed by atoms with van der Waals surface area (Å²) in [5.41, 5.74) is 7.34. The molecule has 2 heterocycles. The van der Waals surface area contributed by atoms with Gasteiger partial charge in [0, 0.05) is 19.1 Å². The smallest absolute Gasteiger partial charge is 0.0834 e. The summed E-state index contributed by atoms with van der Waals surface area (Å²) >= 11 is 6.26. The lowest BCUT2D eigenvalue weighted by molar-refractivity contribution is 0.0986. The first kappa shape index (κ1) is 14.8. The summed E-state index contributed by atoms with van der Waals surface area (Å²) in [7, 11) is 4.08. The molecule has 3 atom stereocenters. The molecular formula is C13H23ClN4O. The maximum absolute atomic E-state index is 6.40. The van der Waals surface area contributed by atoms with Crippen LogP contribution in [-0.2, 0) is 11.3 Å². The molecule has 6 heteroatoms. The molecule has 1 saturated heterocycles. The number of aromatic nitrogens is 2. The highest BCUT2D eigenvalue weighted by atomic mass is 35.5. The maximum atomic E-state index is 6.40. The highest BCUT2D eigenvalue weighted by Gasteiger charge is 2.33. The Morgan fingerprint density at radius 1 is 1.63 bits per heavy atom. The van der Waals surface area contributed by atoms with Gasteiger partial charge in [-0.2, -0.15) is 5.10 Å². The summed E-state index contributed by atoms with van der Waals surface area (Å²) in [5.74, 6) is 0.312. The number of hydrogen-bond donors (Lipinski definition) is 1. The monoisotopic (exact) mass is 286 g/mol. The fourth-order valence-corrected chi connectivity index (χ4v) is 2.87. The van der Waals surface area contributed by atoms with E-state index in [4.69, 9.17) is 22.1 Å². The van der Waals surface area contributed by atoms with Crippen LogP contribution in [0.2, 0.25) is 5.02 Å². The number of rotatable bonds is 5. The lowest BCUT2D eigenvalue weighted by atomic mass is 9.92. The predicted octanol–water partition coefficient (Wildman–Crippen LogP) is 1.52. The summed E-state index contributed by atoms with van der Waals surface area (Å²) in [5, 5.41) is 5.00. The average Bonchev–Trinajstić information content (AvgIpc) is 2.92. The van der Waals surface area contributed by atoms with Crippen molar-refractivity contribution >= 4 is 11.6 Å². The van der Waals surface area contributed by atoms with E-state index in [1.807, 2.05) is 18.8 Å². The van der Waals surface area contributed by atoms with Gasteiger partial charge in [-0.1, -0.05) is 11.6 Å². The minimum Gasteiger partial charge on any atom is -0.378 e. The van der Waals surface area contributed by atoms with Gasteiger partial charge in [0.15, 0.2) is 0 Å². The number of likely N-dealkylation sites (N-methyl/N-ethyl adjacent to an activating group) is 1. The predicted molar refractivity (Wildman–Crippen MR) is 76.2 cm³/mol. The second kappa shape index (κ2) is 6.22. The molecule has 0 radical (unpaired) electrons. The van der Waals surface area contributed by atoms with Crippen molar-refractivity contribution in [2.45, 2.75) is 32.0 Å². The van der Waals surface area contributed by atoms with E-state index in [0.717, 1.165) is 31.8 Å². The topological polar surface area (TPSA) is 56.3 Å². The Bertz CT molecular complexity index is 421. The zero-order chi connectivity index (χ0) is 14.0. The molecule has 1 aliphatic heterocycles. The minimum absolute atomic E-state index is 0.116. The van der Waals surface area contributed by atoms with Gasteiger partial charge in [0.1, 0.15) is 0 Å². The van der Waals surface area contributed by atoms with Crippen LogP contribution in [-0.4, -0.2) is 48.0 Å². The Kier molecular flexibility index (Phi) is 4.84. The molecule has 0 aromatic carbocycles. The SMILES string of the molecule is CC1OCCC1C(N)c1c(Cl)cnn1CCN(C)C. The third-order valence-corrected chi connectivity index (χ3v) is 4.10. The van der Waals surface area contributed by atoms with Gasteiger partial charge < -0.3 is 15.4 Å². The number of nitrogens with two attached hydrogens (primary N) is 1. The fraction of sp³-hybridized carbons (Fsp3) is 0.769. The third kappa shape index (κ3) is 3.28. The molecule has 1 aromatic heterocycles. The van der Waals surface area contributed by atoms with Crippen molar-refractivity contribution in [3.63, 3.8) is 0 Å². The molecule has 1 aromatic rings. The fourth-order valence-electron chi connectivity index (χ4n) is 2.60. The molecule has 0 amide bonds. The Morgan fingerprint density at radius 2 is 2.37 bits per heavy atom. The van der Waals surface area contributed by atoms with E-state index in [1.165, 1.54) is 0 Å². The average molecular weight is 287 g/mol. The standard InChI is InChI=1S/C13H23ClN4O/c1-9-10(4-7-19-9)12(15)13-11(14)8-16-18(13)6-5-17(2)3/h8-10,12H,4-7,15H2,1-3H3. The van der Waals surface area contributed by atoms with Crippen LogP contribution in [0.5, 0.6) is 0 Å². The minimum atomic E-state index is -0.116. The van der Waals surface area contributed by atoms with Crippen LogP contribution in [0.25, 0.3) is 0 Å². The molecule has 19 heavy (non-hydrogen) atoms. The molecular weight excluding hydrogens is 264 g/mol. The lowest BCUT2D eigenvalue weighted by Gasteiger charge is -2.23. The van der Waals surface area contributed by atoms with E-state index < -0.39 is 0 Å². The zero-order valence-electron chi connectivity index (χ0n) is 11.8. The molecule has 3 unspecified atom stereocenters. The quantitative estimate of drug-likeness (QED) is 0.892. The van der Waals surface area contributed by atoms with Gasteiger partial charge in [0.2, 0.25) is 0 Å². The van der Waals surface area contributed by atoms with E-state index >= 15 is 0 Å². The van der Waals surface area contributed by atoms with E-state index in [2.05, 4.69) is 16.9 Å². The Hall–Kier alpha value is -0.620. The summed E-state index contributed by atoms with van der Waals surface area (Å²) in [4.78, 5) is 2.12. The molecule has 0 spiro atoms. The molecule has 2 rings (SSSR count). The first-order valence-corrected chi connectivity index (χ1v) is 7.11. The van der Waals surface area contributed by atoms with Crippen LogP contribution >= 0.6 is 11.6 Å². The van der Waals surface area contributed by atoms with Crippen LogP contribution < -0.4 is 5.73 Å². The first-order chi connectivity index (χ1) is 9.00. The molecule has 2 N–H and O–H groups in total. The normalized spacial score (nSPS) is 25.2. The number of halogens is 1. The summed E-state index contributed by atoms with van der Waals surface area (Å²) in [6.45, 7) is 4.56. The second-order valence-electron chi connectivity index (χ2n) is 5.46. The van der Waals surface area contributed by atoms with E-state index in [1.54, 1.807) is 6.20 Å². The molecule has 0 aliphatic carbocycles. The van der Waals surface area contributed by atoms with Gasteiger partial charge in [-0.15, -0.1) is 0 Å². The summed E-state index contributed by atoms with van der Waals surface area (Å²) in [6.07, 6.45) is 2.85. The van der Waals surface area contributed by atoms with Gasteiger partial charge in [0.25, 0.3) is 0 Å². The van der Waals surface area contributed by atoms with Crippen molar-refractivity contribution in [3.8, 4) is 0 Å². The first-order valence-electron chi connectivity index (χ1n) is 6.73. The Morgan fingerprint density at radius 3 is 2.95 bits per heavy atom. The molecule has 0 saturated carbocycles.